The van der Waals surface area contributed by atoms with Crippen LogP contribution in [0.2, 0.25) is 10.0 Å². The summed E-state index contributed by atoms with van der Waals surface area (Å²) in [5.74, 6) is -0.709. The van der Waals surface area contributed by atoms with Gasteiger partial charge in [0.25, 0.3) is 5.56 Å². The minimum absolute atomic E-state index is 0.0918. The topological polar surface area (TPSA) is 48.3 Å². The summed E-state index contributed by atoms with van der Waals surface area (Å²) in [6.45, 7) is 1.84. The average Bonchev–Trinajstić information content (AvgIpc) is 2.48. The Balaban J connectivity index is 2.53. The summed E-state index contributed by atoms with van der Waals surface area (Å²) >= 11 is 11.8. The van der Waals surface area contributed by atoms with Gasteiger partial charge in [0.05, 0.1) is 18.2 Å². The van der Waals surface area contributed by atoms with Crippen LogP contribution in [-0.4, -0.2) is 17.6 Å². The average molecular weight is 326 g/mol. The minimum atomic E-state index is -0.709. The molecule has 1 heterocycles. The molecule has 1 unspecified atom stereocenters. The Morgan fingerprint density at radius 1 is 1.19 bits per heavy atom. The highest BCUT2D eigenvalue weighted by molar-refractivity contribution is 6.31. The Hall–Kier alpha value is -1.78. The van der Waals surface area contributed by atoms with Crippen LogP contribution in [-0.2, 0) is 4.74 Å². The highest BCUT2D eigenvalue weighted by Gasteiger charge is 2.18. The Morgan fingerprint density at radius 3 is 2.38 bits per heavy atom. The largest absolute Gasteiger partial charge is 0.465 e. The maximum atomic E-state index is 12.4. The molecule has 1 aromatic carbocycles. The quantitative estimate of drug-likeness (QED) is 0.811. The molecule has 110 valence electrons. The lowest BCUT2D eigenvalue weighted by Crippen LogP contribution is -2.29. The molecular formula is C15H13Cl2NO3. The lowest BCUT2D eigenvalue weighted by atomic mass is 10.1. The summed E-state index contributed by atoms with van der Waals surface area (Å²) in [5.41, 5.74) is 0.332. The predicted molar refractivity (Wildman–Crippen MR) is 82.3 cm³/mol. The first kappa shape index (κ1) is 15.6. The van der Waals surface area contributed by atoms with Crippen molar-refractivity contribution in [2.45, 2.75) is 13.0 Å². The van der Waals surface area contributed by atoms with E-state index in [0.29, 0.717) is 5.02 Å². The molecule has 2 aromatic rings. The summed E-state index contributed by atoms with van der Waals surface area (Å²) in [6, 6.07) is 8.13. The number of methoxy groups -OCH3 is 1. The highest BCUT2D eigenvalue weighted by Crippen LogP contribution is 2.20. The first-order valence-corrected chi connectivity index (χ1v) is 6.95. The van der Waals surface area contributed by atoms with Gasteiger partial charge in [0, 0.05) is 11.2 Å². The molecule has 0 aliphatic heterocycles. The van der Waals surface area contributed by atoms with E-state index in [2.05, 4.69) is 4.74 Å². The molecular weight excluding hydrogens is 313 g/mol. The van der Waals surface area contributed by atoms with Gasteiger partial charge < -0.3 is 9.30 Å². The molecule has 0 saturated carbocycles. The standard InChI is InChI=1S/C15H13Cl2NO3/c1-9(10-3-5-11(16)6-4-10)18-8-12(17)7-13(14(18)19)15(20)21-2/h3-9H,1-2H3. The van der Waals surface area contributed by atoms with Crippen LogP contribution in [0.1, 0.15) is 28.9 Å². The number of carbonyl (C=O) groups is 1. The van der Waals surface area contributed by atoms with E-state index < -0.39 is 11.5 Å². The van der Waals surface area contributed by atoms with E-state index in [-0.39, 0.29) is 16.6 Å². The van der Waals surface area contributed by atoms with E-state index in [1.54, 1.807) is 12.1 Å². The van der Waals surface area contributed by atoms with E-state index in [4.69, 9.17) is 23.2 Å². The number of nitrogens with zero attached hydrogens (tertiary/aromatic N) is 1. The molecule has 1 atom stereocenters. The monoisotopic (exact) mass is 325 g/mol. The van der Waals surface area contributed by atoms with Gasteiger partial charge in [0.1, 0.15) is 5.56 Å². The smallest absolute Gasteiger partial charge is 0.343 e. The van der Waals surface area contributed by atoms with Crippen molar-refractivity contribution in [3.05, 3.63) is 68.1 Å². The predicted octanol–water partition coefficient (Wildman–Crippen LogP) is 3.55. The van der Waals surface area contributed by atoms with Crippen molar-refractivity contribution in [3.63, 3.8) is 0 Å². The van der Waals surface area contributed by atoms with Crippen LogP contribution in [0.25, 0.3) is 0 Å². The first-order chi connectivity index (χ1) is 9.93. The number of ether oxygens (including phenoxy) is 1. The van der Waals surface area contributed by atoms with E-state index in [1.165, 1.54) is 23.9 Å². The van der Waals surface area contributed by atoms with Crippen LogP contribution >= 0.6 is 23.2 Å². The second-order valence-corrected chi connectivity index (χ2v) is 5.38. The fourth-order valence-electron chi connectivity index (χ4n) is 2.01. The first-order valence-electron chi connectivity index (χ1n) is 6.19. The van der Waals surface area contributed by atoms with Crippen LogP contribution in [0.15, 0.2) is 41.3 Å². The molecule has 0 N–H and O–H groups in total. The van der Waals surface area contributed by atoms with Crippen molar-refractivity contribution in [2.24, 2.45) is 0 Å². The number of halogens is 2. The third-order valence-corrected chi connectivity index (χ3v) is 3.64. The maximum Gasteiger partial charge on any atom is 0.343 e. The molecule has 0 saturated heterocycles. The van der Waals surface area contributed by atoms with Gasteiger partial charge >= 0.3 is 5.97 Å². The fraction of sp³-hybridized carbons (Fsp3) is 0.200. The number of benzene rings is 1. The van der Waals surface area contributed by atoms with Crippen molar-refractivity contribution in [2.75, 3.05) is 7.11 Å². The van der Waals surface area contributed by atoms with Gasteiger partial charge in [-0.2, -0.15) is 0 Å². The van der Waals surface area contributed by atoms with Crippen molar-refractivity contribution < 1.29 is 9.53 Å². The third-order valence-electron chi connectivity index (χ3n) is 3.18. The van der Waals surface area contributed by atoms with Crippen LogP contribution < -0.4 is 5.56 Å². The summed E-state index contributed by atoms with van der Waals surface area (Å²) in [6.07, 6.45) is 1.50. The lowest BCUT2D eigenvalue weighted by molar-refractivity contribution is 0.0598. The number of esters is 1. The second kappa shape index (κ2) is 6.33. The summed E-state index contributed by atoms with van der Waals surface area (Å²) in [7, 11) is 1.22. The van der Waals surface area contributed by atoms with Crippen LogP contribution in [0.3, 0.4) is 0 Å². The van der Waals surface area contributed by atoms with Gasteiger partial charge in [0.15, 0.2) is 0 Å². The normalized spacial score (nSPS) is 12.0. The van der Waals surface area contributed by atoms with E-state index >= 15 is 0 Å². The molecule has 21 heavy (non-hydrogen) atoms. The molecule has 6 heteroatoms. The van der Waals surface area contributed by atoms with Gasteiger partial charge in [-0.15, -0.1) is 0 Å². The van der Waals surface area contributed by atoms with Crippen molar-refractivity contribution in [3.8, 4) is 0 Å². The molecule has 4 nitrogen and oxygen atoms in total. The van der Waals surface area contributed by atoms with Crippen LogP contribution in [0.4, 0.5) is 0 Å². The Kier molecular flexibility index (Phi) is 4.70. The van der Waals surface area contributed by atoms with E-state index in [1.807, 2.05) is 19.1 Å². The summed E-state index contributed by atoms with van der Waals surface area (Å²) < 4.78 is 6.00. The highest BCUT2D eigenvalue weighted by atomic mass is 35.5. The SMILES string of the molecule is COC(=O)c1cc(Cl)cn(C(C)c2ccc(Cl)cc2)c1=O. The van der Waals surface area contributed by atoms with Crippen molar-refractivity contribution >= 4 is 29.2 Å². The molecule has 1 aromatic heterocycles. The van der Waals surface area contributed by atoms with Crippen LogP contribution in [0.5, 0.6) is 0 Å². The zero-order chi connectivity index (χ0) is 15.6. The fourth-order valence-corrected chi connectivity index (χ4v) is 2.35. The lowest BCUT2D eigenvalue weighted by Gasteiger charge is -2.17. The van der Waals surface area contributed by atoms with Crippen LogP contribution in [0, 0.1) is 0 Å². The van der Waals surface area contributed by atoms with Gasteiger partial charge in [0.2, 0.25) is 0 Å². The number of aromatic nitrogens is 1. The van der Waals surface area contributed by atoms with Gasteiger partial charge in [-0.25, -0.2) is 4.79 Å². The third kappa shape index (κ3) is 3.28. The molecule has 2 rings (SSSR count). The zero-order valence-corrected chi connectivity index (χ0v) is 13.0. The van der Waals surface area contributed by atoms with Crippen molar-refractivity contribution in [1.82, 2.24) is 4.57 Å². The Labute approximate surface area is 131 Å². The van der Waals surface area contributed by atoms with Gasteiger partial charge in [-0.3, -0.25) is 4.79 Å². The number of hydrogen-bond donors (Lipinski definition) is 0. The van der Waals surface area contributed by atoms with E-state index in [0.717, 1.165) is 5.56 Å². The molecule has 0 amide bonds. The molecule has 0 bridgehead atoms. The molecule has 0 fully saturated rings. The summed E-state index contributed by atoms with van der Waals surface area (Å²) in [4.78, 5) is 24.0. The minimum Gasteiger partial charge on any atom is -0.465 e. The summed E-state index contributed by atoms with van der Waals surface area (Å²) in [5, 5.41) is 0.899. The van der Waals surface area contributed by atoms with Gasteiger partial charge in [-0.1, -0.05) is 35.3 Å². The Bertz CT molecular complexity index is 723. The van der Waals surface area contributed by atoms with E-state index in [9.17, 15) is 9.59 Å². The molecule has 0 aliphatic carbocycles. The second-order valence-electron chi connectivity index (χ2n) is 4.50. The molecule has 0 spiro atoms. The number of rotatable bonds is 3. The van der Waals surface area contributed by atoms with Gasteiger partial charge in [-0.05, 0) is 30.7 Å². The molecule has 0 radical (unpaired) electrons. The number of hydrogen-bond acceptors (Lipinski definition) is 3. The van der Waals surface area contributed by atoms with Crippen molar-refractivity contribution in [1.29, 1.82) is 0 Å². The Morgan fingerprint density at radius 2 is 1.81 bits per heavy atom. The zero-order valence-electron chi connectivity index (χ0n) is 11.5. The molecule has 0 aliphatic rings. The maximum absolute atomic E-state index is 12.4. The number of carbonyl (C=O) groups excluding carboxylic acids is 1. The number of pyridine rings is 1.